The average Bonchev–Trinajstić information content (AvgIpc) is 3.36. The molecule has 2 saturated heterocycles. The second-order valence-electron chi connectivity index (χ2n) is 14.2. The molecule has 1 aromatic heterocycles. The van der Waals surface area contributed by atoms with Gasteiger partial charge in [-0.2, -0.15) is 4.98 Å². The van der Waals surface area contributed by atoms with Crippen molar-refractivity contribution in [3.05, 3.63) is 11.7 Å². The van der Waals surface area contributed by atoms with Crippen molar-refractivity contribution in [1.82, 2.24) is 19.9 Å². The number of nitrogens with zero attached hydrogens (tertiary/aromatic N) is 4. The van der Waals surface area contributed by atoms with E-state index in [0.717, 1.165) is 19.3 Å². The molecule has 1 atom stereocenters. The summed E-state index contributed by atoms with van der Waals surface area (Å²) in [5.41, 5.74) is -0.851. The number of hydrogen-bond acceptors (Lipinski definition) is 6. The molecule has 2 amide bonds. The number of amides is 2. The first-order valence-corrected chi connectivity index (χ1v) is 15.2. The summed E-state index contributed by atoms with van der Waals surface area (Å²) in [6.45, 7) is 11.5. The van der Waals surface area contributed by atoms with Crippen LogP contribution in [0.2, 0.25) is 0 Å². The Hall–Kier alpha value is -2.26. The summed E-state index contributed by atoms with van der Waals surface area (Å²) in [6, 6.07) is -0.506. The molecule has 2 aliphatic heterocycles. The van der Waals surface area contributed by atoms with Crippen LogP contribution in [0, 0.1) is 11.3 Å². The van der Waals surface area contributed by atoms with Gasteiger partial charge in [-0.1, -0.05) is 25.4 Å². The van der Waals surface area contributed by atoms with Crippen LogP contribution in [0.15, 0.2) is 4.52 Å². The van der Waals surface area contributed by atoms with Gasteiger partial charge in [-0.25, -0.2) is 13.6 Å². The zero-order valence-corrected chi connectivity index (χ0v) is 24.8. The average molecular weight is 565 g/mol. The SMILES string of the molecule is CC(C)C1(c2noc(C3CCC(F)(F)CC3)n2)CCN(C(=O)C2CCC3(CCC3)CN2C(=O)OC(C)(C)C)CC1. The predicted molar refractivity (Wildman–Crippen MR) is 145 cm³/mol. The first-order chi connectivity index (χ1) is 18.7. The molecule has 2 aliphatic carbocycles. The van der Waals surface area contributed by atoms with Crippen LogP contribution in [0.5, 0.6) is 0 Å². The smallest absolute Gasteiger partial charge is 0.410 e. The summed E-state index contributed by atoms with van der Waals surface area (Å²) in [7, 11) is 0. The summed E-state index contributed by atoms with van der Waals surface area (Å²) in [6.07, 6.45) is 6.37. The van der Waals surface area contributed by atoms with Crippen LogP contribution in [-0.2, 0) is 14.9 Å². The Morgan fingerprint density at radius 2 is 1.65 bits per heavy atom. The minimum Gasteiger partial charge on any atom is -0.444 e. The number of carbonyl (C=O) groups excluding carboxylic acids is 2. The van der Waals surface area contributed by atoms with Gasteiger partial charge in [0.1, 0.15) is 11.6 Å². The zero-order valence-electron chi connectivity index (χ0n) is 24.8. The molecule has 4 aliphatic rings. The second-order valence-corrected chi connectivity index (χ2v) is 14.2. The van der Waals surface area contributed by atoms with Gasteiger partial charge in [-0.05, 0) is 83.5 Å². The van der Waals surface area contributed by atoms with Crippen LogP contribution in [0.25, 0.3) is 0 Å². The largest absolute Gasteiger partial charge is 0.444 e. The van der Waals surface area contributed by atoms with Crippen molar-refractivity contribution in [2.75, 3.05) is 19.6 Å². The van der Waals surface area contributed by atoms with Gasteiger partial charge in [-0.15, -0.1) is 0 Å². The Morgan fingerprint density at radius 1 is 1.00 bits per heavy atom. The van der Waals surface area contributed by atoms with Gasteiger partial charge in [0.2, 0.25) is 17.7 Å². The van der Waals surface area contributed by atoms with Crippen LogP contribution in [0.1, 0.15) is 123 Å². The van der Waals surface area contributed by atoms with Gasteiger partial charge >= 0.3 is 6.09 Å². The Kier molecular flexibility index (Phi) is 7.70. The van der Waals surface area contributed by atoms with Crippen molar-refractivity contribution in [2.24, 2.45) is 11.3 Å². The number of carbonyl (C=O) groups is 2. The molecule has 1 spiro atoms. The molecule has 3 heterocycles. The van der Waals surface area contributed by atoms with E-state index in [1.54, 1.807) is 4.90 Å². The molecular formula is C30H46F2N4O4. The molecule has 2 saturated carbocycles. The third-order valence-corrected chi connectivity index (χ3v) is 10.2. The zero-order chi connectivity index (χ0) is 28.9. The third-order valence-electron chi connectivity index (χ3n) is 10.2. The highest BCUT2D eigenvalue weighted by Crippen LogP contribution is 2.49. The fourth-order valence-corrected chi connectivity index (χ4v) is 7.29. The number of ether oxygens (including phenoxy) is 1. The number of likely N-dealkylation sites (tertiary alicyclic amines) is 2. The first-order valence-electron chi connectivity index (χ1n) is 15.2. The molecule has 4 fully saturated rings. The number of piperidine rings is 2. The van der Waals surface area contributed by atoms with E-state index in [4.69, 9.17) is 14.2 Å². The maximum Gasteiger partial charge on any atom is 0.410 e. The van der Waals surface area contributed by atoms with Gasteiger partial charge in [0, 0.05) is 43.8 Å². The number of alkyl halides is 2. The minimum absolute atomic E-state index is 0.00526. The molecule has 0 bridgehead atoms. The van der Waals surface area contributed by atoms with Gasteiger partial charge in [0.05, 0.1) is 0 Å². The van der Waals surface area contributed by atoms with Crippen molar-refractivity contribution >= 4 is 12.0 Å². The summed E-state index contributed by atoms with van der Waals surface area (Å²) in [5.74, 6) is -1.44. The van der Waals surface area contributed by atoms with Gasteiger partial charge in [0.25, 0.3) is 0 Å². The maximum absolute atomic E-state index is 13.9. The number of hydrogen-bond donors (Lipinski definition) is 0. The normalized spacial score (nSPS) is 26.6. The molecule has 0 N–H and O–H groups in total. The lowest BCUT2D eigenvalue weighted by Crippen LogP contribution is -2.61. The van der Waals surface area contributed by atoms with E-state index in [0.29, 0.717) is 63.5 Å². The van der Waals surface area contributed by atoms with Crippen LogP contribution < -0.4 is 0 Å². The maximum atomic E-state index is 13.9. The highest BCUT2D eigenvalue weighted by Gasteiger charge is 2.50. The Bertz CT molecular complexity index is 1080. The van der Waals surface area contributed by atoms with Crippen LogP contribution >= 0.6 is 0 Å². The van der Waals surface area contributed by atoms with Crippen molar-refractivity contribution in [1.29, 1.82) is 0 Å². The van der Waals surface area contributed by atoms with E-state index in [2.05, 4.69) is 19.0 Å². The lowest BCUT2D eigenvalue weighted by atomic mass is 9.63. The fraction of sp³-hybridized carbons (Fsp3) is 0.867. The van der Waals surface area contributed by atoms with E-state index >= 15 is 0 Å². The minimum atomic E-state index is -2.60. The Labute approximate surface area is 236 Å². The van der Waals surface area contributed by atoms with Crippen LogP contribution in [-0.4, -0.2) is 69.1 Å². The predicted octanol–water partition coefficient (Wildman–Crippen LogP) is 6.45. The molecule has 0 aromatic carbocycles. The number of rotatable bonds is 4. The monoisotopic (exact) mass is 564 g/mol. The Morgan fingerprint density at radius 3 is 2.20 bits per heavy atom. The molecule has 10 heteroatoms. The van der Waals surface area contributed by atoms with Gasteiger partial charge in [-0.3, -0.25) is 9.69 Å². The van der Waals surface area contributed by atoms with Crippen molar-refractivity contribution in [3.8, 4) is 0 Å². The highest BCUT2D eigenvalue weighted by atomic mass is 19.3. The molecule has 8 nitrogen and oxygen atoms in total. The van der Waals surface area contributed by atoms with E-state index in [9.17, 15) is 18.4 Å². The summed E-state index contributed by atoms with van der Waals surface area (Å²) in [4.78, 5) is 35.5. The highest BCUT2D eigenvalue weighted by molar-refractivity contribution is 5.86. The molecule has 1 unspecified atom stereocenters. The van der Waals surface area contributed by atoms with Crippen molar-refractivity contribution in [3.63, 3.8) is 0 Å². The summed E-state index contributed by atoms with van der Waals surface area (Å²) in [5, 5.41) is 4.36. The number of aromatic nitrogens is 2. The fourth-order valence-electron chi connectivity index (χ4n) is 7.29. The Balaban J connectivity index is 1.27. The first kappa shape index (κ1) is 29.2. The molecule has 0 radical (unpaired) electrons. The number of halogens is 2. The second kappa shape index (κ2) is 10.5. The molecule has 5 rings (SSSR count). The molecular weight excluding hydrogens is 518 g/mol. The van der Waals surface area contributed by atoms with Crippen molar-refractivity contribution < 1.29 is 27.6 Å². The molecule has 224 valence electrons. The standard InChI is InChI=1S/C30H46F2N4O4/c1-20(2)29(25-33-23(40-34-25)21-7-13-30(31,32)14-8-21)15-17-35(18-16-29)24(37)22-9-12-28(10-6-11-28)19-36(22)26(38)39-27(3,4)5/h20-22H,6-19H2,1-5H3. The summed E-state index contributed by atoms with van der Waals surface area (Å²) < 4.78 is 38.7. The van der Waals surface area contributed by atoms with Crippen LogP contribution in [0.3, 0.4) is 0 Å². The van der Waals surface area contributed by atoms with Crippen LogP contribution in [0.4, 0.5) is 13.6 Å². The summed E-state index contributed by atoms with van der Waals surface area (Å²) >= 11 is 0. The third kappa shape index (κ3) is 5.73. The van der Waals surface area contributed by atoms with Crippen molar-refractivity contribution in [2.45, 2.75) is 134 Å². The van der Waals surface area contributed by atoms with E-state index in [1.807, 2.05) is 25.7 Å². The van der Waals surface area contributed by atoms with E-state index in [1.165, 1.54) is 6.42 Å². The van der Waals surface area contributed by atoms with E-state index in [-0.39, 0.29) is 41.4 Å². The van der Waals surface area contributed by atoms with Gasteiger partial charge < -0.3 is 14.2 Å². The molecule has 1 aromatic rings. The lowest BCUT2D eigenvalue weighted by Gasteiger charge is -2.52. The topological polar surface area (TPSA) is 88.8 Å². The lowest BCUT2D eigenvalue weighted by molar-refractivity contribution is -0.143. The molecule has 40 heavy (non-hydrogen) atoms. The van der Waals surface area contributed by atoms with Gasteiger partial charge in [0.15, 0.2) is 5.82 Å². The quantitative estimate of drug-likeness (QED) is 0.418. The van der Waals surface area contributed by atoms with E-state index < -0.39 is 23.7 Å².